The molecule has 2 aliphatic carbocycles. The lowest BCUT2D eigenvalue weighted by molar-refractivity contribution is 0.0973. The van der Waals surface area contributed by atoms with Crippen LogP contribution in [0.4, 0.5) is 0 Å². The van der Waals surface area contributed by atoms with Gasteiger partial charge in [-0.05, 0) is 43.0 Å². The second-order valence-electron chi connectivity index (χ2n) is 6.43. The molecule has 4 nitrogen and oxygen atoms in total. The van der Waals surface area contributed by atoms with Gasteiger partial charge in [-0.2, -0.15) is 0 Å². The van der Waals surface area contributed by atoms with Crippen LogP contribution in [0.1, 0.15) is 56.3 Å². The average molecular weight is 334 g/mol. The van der Waals surface area contributed by atoms with Crippen LogP contribution < -0.4 is 9.47 Å². The molecule has 2 aromatic carbocycles. The third kappa shape index (κ3) is 2.14. The van der Waals surface area contributed by atoms with Crippen LogP contribution in [0.15, 0.2) is 29.8 Å². The first-order valence-electron chi connectivity index (χ1n) is 8.24. The normalized spacial score (nSPS) is 15.1. The number of hydrogen-bond donors (Lipinski definition) is 0. The van der Waals surface area contributed by atoms with Crippen molar-refractivity contribution in [2.24, 2.45) is 0 Å². The van der Waals surface area contributed by atoms with Crippen molar-refractivity contribution >= 4 is 17.6 Å². The molecular weight excluding hydrogens is 316 g/mol. The standard InChI is InChI=1S/C21H18O4/c1-11-7-8-13-12(9-11)10-16(25-3)19-18(13)20(22)14-5-4-6-15(24-2)17(14)21(19)23/h4-6,9-10H,7-8H2,1-3H3. The maximum Gasteiger partial charge on any atom is 0.201 e. The minimum atomic E-state index is -0.215. The quantitative estimate of drug-likeness (QED) is 0.715. The number of carbonyl (C=O) groups is 2. The Hall–Kier alpha value is -2.88. The van der Waals surface area contributed by atoms with E-state index in [4.69, 9.17) is 9.47 Å². The molecule has 0 spiro atoms. The molecule has 4 rings (SSSR count). The van der Waals surface area contributed by atoms with E-state index in [-0.39, 0.29) is 11.6 Å². The van der Waals surface area contributed by atoms with Gasteiger partial charge in [0, 0.05) is 11.1 Å². The van der Waals surface area contributed by atoms with E-state index >= 15 is 0 Å². The molecule has 0 heterocycles. The molecule has 0 saturated heterocycles. The van der Waals surface area contributed by atoms with E-state index in [1.54, 1.807) is 18.2 Å². The minimum absolute atomic E-state index is 0.133. The fraction of sp³-hybridized carbons (Fsp3) is 0.238. The molecule has 0 amide bonds. The number of benzene rings is 2. The van der Waals surface area contributed by atoms with Crippen LogP contribution in [0.25, 0.3) is 6.08 Å². The highest BCUT2D eigenvalue weighted by Gasteiger charge is 2.37. The van der Waals surface area contributed by atoms with E-state index in [2.05, 4.69) is 13.0 Å². The fourth-order valence-corrected chi connectivity index (χ4v) is 3.80. The maximum absolute atomic E-state index is 13.3. The van der Waals surface area contributed by atoms with Gasteiger partial charge >= 0.3 is 0 Å². The topological polar surface area (TPSA) is 52.6 Å². The lowest BCUT2D eigenvalue weighted by atomic mass is 9.77. The van der Waals surface area contributed by atoms with Gasteiger partial charge in [0.1, 0.15) is 11.5 Å². The number of ether oxygens (including phenoxy) is 2. The number of fused-ring (bicyclic) bond motifs is 4. The summed E-state index contributed by atoms with van der Waals surface area (Å²) in [7, 11) is 3.03. The summed E-state index contributed by atoms with van der Waals surface area (Å²) < 4.78 is 10.8. The Bertz CT molecular complexity index is 966. The average Bonchev–Trinajstić information content (AvgIpc) is 2.63. The Kier molecular flexibility index (Phi) is 3.49. The number of ketones is 2. The number of carbonyl (C=O) groups excluding carboxylic acids is 2. The largest absolute Gasteiger partial charge is 0.496 e. The van der Waals surface area contributed by atoms with Crippen molar-refractivity contribution in [1.82, 2.24) is 0 Å². The van der Waals surface area contributed by atoms with Crippen molar-refractivity contribution in [2.75, 3.05) is 14.2 Å². The van der Waals surface area contributed by atoms with Gasteiger partial charge in [0.15, 0.2) is 5.78 Å². The fourth-order valence-electron chi connectivity index (χ4n) is 3.80. The van der Waals surface area contributed by atoms with Crippen LogP contribution in [0.2, 0.25) is 0 Å². The van der Waals surface area contributed by atoms with Gasteiger partial charge in [-0.25, -0.2) is 0 Å². The Morgan fingerprint density at radius 2 is 1.64 bits per heavy atom. The summed E-state index contributed by atoms with van der Waals surface area (Å²) in [6.07, 6.45) is 3.71. The van der Waals surface area contributed by atoms with Crippen LogP contribution in [-0.4, -0.2) is 25.8 Å². The molecule has 126 valence electrons. The van der Waals surface area contributed by atoms with E-state index in [1.165, 1.54) is 19.8 Å². The van der Waals surface area contributed by atoms with E-state index < -0.39 is 0 Å². The van der Waals surface area contributed by atoms with Gasteiger partial charge in [-0.15, -0.1) is 0 Å². The lowest BCUT2D eigenvalue weighted by Crippen LogP contribution is -2.25. The molecule has 2 aliphatic rings. The number of rotatable bonds is 2. The monoisotopic (exact) mass is 334 g/mol. The number of hydrogen-bond acceptors (Lipinski definition) is 4. The molecule has 25 heavy (non-hydrogen) atoms. The molecule has 0 saturated carbocycles. The van der Waals surface area contributed by atoms with Gasteiger partial charge in [-0.3, -0.25) is 9.59 Å². The summed E-state index contributed by atoms with van der Waals surface area (Å²) in [6.45, 7) is 2.07. The van der Waals surface area contributed by atoms with E-state index in [0.717, 1.165) is 24.0 Å². The van der Waals surface area contributed by atoms with Crippen LogP contribution >= 0.6 is 0 Å². The van der Waals surface area contributed by atoms with Crippen LogP contribution in [0, 0.1) is 0 Å². The zero-order valence-corrected chi connectivity index (χ0v) is 14.4. The molecule has 0 aromatic heterocycles. The van der Waals surface area contributed by atoms with Crippen molar-refractivity contribution in [3.05, 3.63) is 63.2 Å². The number of methoxy groups -OCH3 is 2. The van der Waals surface area contributed by atoms with Crippen LogP contribution in [0.5, 0.6) is 11.5 Å². The van der Waals surface area contributed by atoms with E-state index in [9.17, 15) is 9.59 Å². The molecule has 0 aliphatic heterocycles. The first-order chi connectivity index (χ1) is 12.1. The number of allylic oxidation sites excluding steroid dienone is 1. The maximum atomic E-state index is 13.3. The Morgan fingerprint density at radius 1 is 0.880 bits per heavy atom. The summed E-state index contributed by atoms with van der Waals surface area (Å²) >= 11 is 0. The van der Waals surface area contributed by atoms with Crippen molar-refractivity contribution in [1.29, 1.82) is 0 Å². The third-order valence-corrected chi connectivity index (χ3v) is 5.00. The van der Waals surface area contributed by atoms with E-state index in [1.807, 2.05) is 6.07 Å². The highest BCUT2D eigenvalue weighted by Crippen LogP contribution is 2.42. The second kappa shape index (κ2) is 5.59. The SMILES string of the molecule is COc1cccc2c1C(=O)c1c(OC)cc3c(c1C2=O)CCC(C)=C3. The van der Waals surface area contributed by atoms with Crippen molar-refractivity contribution in [2.45, 2.75) is 19.8 Å². The summed E-state index contributed by atoms with van der Waals surface area (Å²) in [5.74, 6) is 0.506. The summed E-state index contributed by atoms with van der Waals surface area (Å²) in [5, 5.41) is 0. The predicted molar refractivity (Wildman–Crippen MR) is 94.8 cm³/mol. The molecule has 0 unspecified atom stereocenters. The highest BCUT2D eigenvalue weighted by molar-refractivity contribution is 6.31. The Morgan fingerprint density at radius 3 is 2.36 bits per heavy atom. The zero-order chi connectivity index (χ0) is 17.7. The molecule has 0 atom stereocenters. The van der Waals surface area contributed by atoms with Crippen molar-refractivity contribution in [3.63, 3.8) is 0 Å². The van der Waals surface area contributed by atoms with Gasteiger partial charge < -0.3 is 9.47 Å². The second-order valence-corrected chi connectivity index (χ2v) is 6.43. The highest BCUT2D eigenvalue weighted by atomic mass is 16.5. The van der Waals surface area contributed by atoms with Crippen LogP contribution in [-0.2, 0) is 6.42 Å². The molecule has 2 aromatic rings. The van der Waals surface area contributed by atoms with Gasteiger partial charge in [0.05, 0.1) is 25.3 Å². The van der Waals surface area contributed by atoms with Crippen LogP contribution in [0.3, 0.4) is 0 Å². The summed E-state index contributed by atoms with van der Waals surface area (Å²) in [6, 6.07) is 7.00. The first-order valence-corrected chi connectivity index (χ1v) is 8.24. The summed E-state index contributed by atoms with van der Waals surface area (Å²) in [5.41, 5.74) is 4.73. The minimum Gasteiger partial charge on any atom is -0.496 e. The first kappa shape index (κ1) is 15.6. The third-order valence-electron chi connectivity index (χ3n) is 5.00. The lowest BCUT2D eigenvalue weighted by Gasteiger charge is -2.26. The van der Waals surface area contributed by atoms with Gasteiger partial charge in [0.2, 0.25) is 5.78 Å². The Balaban J connectivity index is 2.07. The molecule has 0 N–H and O–H groups in total. The predicted octanol–water partition coefficient (Wildman–Crippen LogP) is 3.83. The zero-order valence-electron chi connectivity index (χ0n) is 14.4. The molecule has 0 fully saturated rings. The molecular formula is C21H18O4. The molecule has 0 bridgehead atoms. The van der Waals surface area contributed by atoms with E-state index in [0.29, 0.717) is 33.8 Å². The van der Waals surface area contributed by atoms with Crippen molar-refractivity contribution in [3.8, 4) is 11.5 Å². The van der Waals surface area contributed by atoms with Crippen molar-refractivity contribution < 1.29 is 19.1 Å². The van der Waals surface area contributed by atoms with Gasteiger partial charge in [-0.1, -0.05) is 23.8 Å². The summed E-state index contributed by atoms with van der Waals surface area (Å²) in [4.78, 5) is 26.5. The Labute approximate surface area is 146 Å². The molecule has 0 radical (unpaired) electrons. The van der Waals surface area contributed by atoms with Gasteiger partial charge in [0.25, 0.3) is 0 Å². The smallest absolute Gasteiger partial charge is 0.201 e. The molecule has 4 heteroatoms.